The van der Waals surface area contributed by atoms with Crippen LogP contribution in [0.2, 0.25) is 0 Å². The maximum atomic E-state index is 12.4. The number of benzene rings is 1. The molecule has 2 aromatic rings. The number of H-pyrrole nitrogens is 1. The monoisotopic (exact) mass is 312 g/mol. The minimum atomic E-state index is -4.38. The number of esters is 1. The Bertz CT molecular complexity index is 633. The average Bonchev–Trinajstić information content (AvgIpc) is 2.93. The van der Waals surface area contributed by atoms with Crippen molar-refractivity contribution in [3.63, 3.8) is 0 Å². The molecule has 1 heterocycles. The number of ether oxygens (including phenoxy) is 1. The Morgan fingerprint density at radius 1 is 1.27 bits per heavy atom. The van der Waals surface area contributed by atoms with Crippen molar-refractivity contribution in [2.75, 3.05) is 0 Å². The average molecular weight is 312 g/mol. The number of hydrogen-bond donors (Lipinski definition) is 1. The summed E-state index contributed by atoms with van der Waals surface area (Å²) < 4.78 is 42.3. The molecule has 0 fully saturated rings. The molecule has 0 atom stereocenters. The number of aromatic nitrogens is 2. The highest BCUT2D eigenvalue weighted by Crippen LogP contribution is 2.29. The van der Waals surface area contributed by atoms with E-state index in [0.29, 0.717) is 5.56 Å². The lowest BCUT2D eigenvalue weighted by atomic mass is 10.1. The van der Waals surface area contributed by atoms with Crippen molar-refractivity contribution < 1.29 is 22.7 Å². The highest BCUT2D eigenvalue weighted by Gasteiger charge is 2.29. The zero-order valence-electron chi connectivity index (χ0n) is 11.9. The number of nitrogens with one attached hydrogen (secondary N) is 1. The number of carbonyl (C=O) groups excluding carboxylic acids is 1. The second-order valence-electron chi connectivity index (χ2n) is 4.80. The van der Waals surface area contributed by atoms with Crippen molar-refractivity contribution in [3.8, 4) is 0 Å². The smallest absolute Gasteiger partial charge is 0.416 e. The quantitative estimate of drug-likeness (QED) is 0.856. The number of alkyl halides is 3. The summed E-state index contributed by atoms with van der Waals surface area (Å²) >= 11 is 0. The SMILES string of the molecule is CCCc1cc(C(=O)OCc2ccc(C(F)(F)F)cc2)n[nH]1. The van der Waals surface area contributed by atoms with Gasteiger partial charge in [0.2, 0.25) is 0 Å². The molecule has 0 radical (unpaired) electrons. The van der Waals surface area contributed by atoms with E-state index in [4.69, 9.17) is 4.74 Å². The Morgan fingerprint density at radius 2 is 1.95 bits per heavy atom. The van der Waals surface area contributed by atoms with Crippen LogP contribution in [0.15, 0.2) is 30.3 Å². The molecule has 4 nitrogen and oxygen atoms in total. The maximum Gasteiger partial charge on any atom is 0.416 e. The highest BCUT2D eigenvalue weighted by atomic mass is 19.4. The van der Waals surface area contributed by atoms with Crippen LogP contribution in [-0.2, 0) is 23.9 Å². The van der Waals surface area contributed by atoms with Crippen LogP contribution in [0.1, 0.15) is 40.7 Å². The van der Waals surface area contributed by atoms with Crippen molar-refractivity contribution >= 4 is 5.97 Å². The van der Waals surface area contributed by atoms with E-state index < -0.39 is 17.7 Å². The molecule has 22 heavy (non-hydrogen) atoms. The number of aromatic amines is 1. The minimum Gasteiger partial charge on any atom is -0.456 e. The Labute approximate surface area is 125 Å². The van der Waals surface area contributed by atoms with Gasteiger partial charge in [0.05, 0.1) is 5.56 Å². The van der Waals surface area contributed by atoms with E-state index in [9.17, 15) is 18.0 Å². The summed E-state index contributed by atoms with van der Waals surface area (Å²) in [6, 6.07) is 6.08. The van der Waals surface area contributed by atoms with E-state index in [-0.39, 0.29) is 12.3 Å². The molecule has 0 unspecified atom stereocenters. The fraction of sp³-hybridized carbons (Fsp3) is 0.333. The van der Waals surface area contributed by atoms with Gasteiger partial charge in [-0.25, -0.2) is 4.79 Å². The number of rotatable bonds is 5. The van der Waals surface area contributed by atoms with Crippen molar-refractivity contribution in [2.45, 2.75) is 32.5 Å². The van der Waals surface area contributed by atoms with Crippen LogP contribution < -0.4 is 0 Å². The second-order valence-corrected chi connectivity index (χ2v) is 4.80. The summed E-state index contributed by atoms with van der Waals surface area (Å²) in [5, 5.41) is 6.58. The van der Waals surface area contributed by atoms with Crippen molar-refractivity contribution in [2.24, 2.45) is 0 Å². The lowest BCUT2D eigenvalue weighted by Gasteiger charge is -2.07. The molecule has 0 saturated carbocycles. The molecule has 1 N–H and O–H groups in total. The summed E-state index contributed by atoms with van der Waals surface area (Å²) in [5.74, 6) is -0.612. The van der Waals surface area contributed by atoms with Gasteiger partial charge >= 0.3 is 12.1 Å². The zero-order chi connectivity index (χ0) is 16.2. The first-order valence-corrected chi connectivity index (χ1v) is 6.77. The van der Waals surface area contributed by atoms with Gasteiger partial charge in [0.25, 0.3) is 0 Å². The minimum absolute atomic E-state index is 0.104. The van der Waals surface area contributed by atoms with Crippen LogP contribution in [0.25, 0.3) is 0 Å². The van der Waals surface area contributed by atoms with Crippen LogP contribution in [0.4, 0.5) is 13.2 Å². The molecule has 118 valence electrons. The largest absolute Gasteiger partial charge is 0.456 e. The Balaban J connectivity index is 1.93. The van der Waals surface area contributed by atoms with Gasteiger partial charge in [0.15, 0.2) is 5.69 Å². The van der Waals surface area contributed by atoms with E-state index in [2.05, 4.69) is 10.2 Å². The second kappa shape index (κ2) is 6.64. The molecular weight excluding hydrogens is 297 g/mol. The van der Waals surface area contributed by atoms with Crippen LogP contribution >= 0.6 is 0 Å². The van der Waals surface area contributed by atoms with Crippen molar-refractivity contribution in [3.05, 3.63) is 52.8 Å². The summed E-state index contributed by atoms with van der Waals surface area (Å²) in [7, 11) is 0. The number of aryl methyl sites for hydroxylation is 1. The Kier molecular flexibility index (Phi) is 4.85. The molecule has 0 bridgehead atoms. The Morgan fingerprint density at radius 3 is 2.55 bits per heavy atom. The molecule has 1 aromatic carbocycles. The predicted octanol–water partition coefficient (Wildman–Crippen LogP) is 3.74. The van der Waals surface area contributed by atoms with Crippen LogP contribution in [0.5, 0.6) is 0 Å². The molecule has 1 aromatic heterocycles. The number of halogens is 3. The van der Waals surface area contributed by atoms with Gasteiger partial charge in [-0.2, -0.15) is 18.3 Å². The molecule has 0 spiro atoms. The molecule has 0 amide bonds. The summed E-state index contributed by atoms with van der Waals surface area (Å²) in [5.41, 5.74) is 0.740. The molecule has 0 saturated heterocycles. The summed E-state index contributed by atoms with van der Waals surface area (Å²) in [6.45, 7) is 1.90. The number of carbonyl (C=O) groups is 1. The highest BCUT2D eigenvalue weighted by molar-refractivity contribution is 5.87. The van der Waals surface area contributed by atoms with Gasteiger partial charge in [0.1, 0.15) is 6.61 Å². The first kappa shape index (κ1) is 16.1. The molecule has 0 aliphatic rings. The number of nitrogens with zero attached hydrogens (tertiary/aromatic N) is 1. The standard InChI is InChI=1S/C15H15F3N2O2/c1-2-3-12-8-13(20-19-12)14(21)22-9-10-4-6-11(7-5-10)15(16,17)18/h4-8H,2-3,9H2,1H3,(H,19,20). The fourth-order valence-electron chi connectivity index (χ4n) is 1.88. The third-order valence-electron chi connectivity index (χ3n) is 3.01. The topological polar surface area (TPSA) is 55.0 Å². The van der Waals surface area contributed by atoms with Gasteiger partial charge in [-0.15, -0.1) is 0 Å². The normalized spacial score (nSPS) is 11.5. The van der Waals surface area contributed by atoms with Crippen LogP contribution in [0.3, 0.4) is 0 Å². The summed E-state index contributed by atoms with van der Waals surface area (Å²) in [4.78, 5) is 11.8. The lowest BCUT2D eigenvalue weighted by molar-refractivity contribution is -0.137. The number of hydrogen-bond acceptors (Lipinski definition) is 3. The summed E-state index contributed by atoms with van der Waals surface area (Å²) in [6.07, 6.45) is -2.68. The molecule has 2 rings (SSSR count). The van der Waals surface area contributed by atoms with Crippen LogP contribution in [-0.4, -0.2) is 16.2 Å². The van der Waals surface area contributed by atoms with Gasteiger partial charge in [-0.1, -0.05) is 25.5 Å². The van der Waals surface area contributed by atoms with E-state index in [1.54, 1.807) is 6.07 Å². The fourth-order valence-corrected chi connectivity index (χ4v) is 1.88. The Hall–Kier alpha value is -2.31. The van der Waals surface area contributed by atoms with Crippen LogP contribution in [0, 0.1) is 0 Å². The predicted molar refractivity (Wildman–Crippen MR) is 73.1 cm³/mol. The molecule has 0 aliphatic carbocycles. The van der Waals surface area contributed by atoms with E-state index in [1.807, 2.05) is 6.92 Å². The lowest BCUT2D eigenvalue weighted by Crippen LogP contribution is -2.07. The third-order valence-corrected chi connectivity index (χ3v) is 3.01. The van der Waals surface area contributed by atoms with Crippen molar-refractivity contribution in [1.82, 2.24) is 10.2 Å². The van der Waals surface area contributed by atoms with E-state index in [0.717, 1.165) is 30.7 Å². The molecule has 0 aliphatic heterocycles. The van der Waals surface area contributed by atoms with Gasteiger partial charge in [0, 0.05) is 5.69 Å². The van der Waals surface area contributed by atoms with E-state index in [1.165, 1.54) is 12.1 Å². The maximum absolute atomic E-state index is 12.4. The van der Waals surface area contributed by atoms with Gasteiger partial charge in [-0.3, -0.25) is 5.10 Å². The third kappa shape index (κ3) is 4.09. The van der Waals surface area contributed by atoms with Gasteiger partial charge < -0.3 is 4.74 Å². The first-order valence-electron chi connectivity index (χ1n) is 6.77. The molecule has 7 heteroatoms. The first-order chi connectivity index (χ1) is 10.4. The van der Waals surface area contributed by atoms with E-state index >= 15 is 0 Å². The van der Waals surface area contributed by atoms with Crippen molar-refractivity contribution in [1.29, 1.82) is 0 Å². The molecular formula is C15H15F3N2O2. The van der Waals surface area contributed by atoms with Gasteiger partial charge in [-0.05, 0) is 30.2 Å². The zero-order valence-corrected chi connectivity index (χ0v) is 11.9.